The number of carbonyl (C=O) groups excluding carboxylic acids is 2. The lowest BCUT2D eigenvalue weighted by atomic mass is 10.0. The lowest BCUT2D eigenvalue weighted by molar-refractivity contribution is -0.151. The number of hydrogen-bond acceptors (Lipinski definition) is 5. The number of esters is 1. The van der Waals surface area contributed by atoms with Crippen molar-refractivity contribution in [3.63, 3.8) is 0 Å². The van der Waals surface area contributed by atoms with E-state index in [1.165, 1.54) is 103 Å². The molecule has 3 N–H and O–H groups in total. The number of hydrogen-bond donors (Lipinski definition) is 3. The molecule has 0 bridgehead atoms. The molecule has 0 fully saturated rings. The predicted molar refractivity (Wildman–Crippen MR) is 255 cm³/mol. The summed E-state index contributed by atoms with van der Waals surface area (Å²) in [6.07, 6.45) is 56.1. The van der Waals surface area contributed by atoms with E-state index in [1.807, 2.05) is 0 Å². The van der Waals surface area contributed by atoms with Crippen LogP contribution in [-0.4, -0.2) is 46.9 Å². The molecule has 0 aliphatic heterocycles. The van der Waals surface area contributed by atoms with Gasteiger partial charge in [-0.2, -0.15) is 0 Å². The van der Waals surface area contributed by atoms with Gasteiger partial charge in [0.05, 0.1) is 25.2 Å². The van der Waals surface area contributed by atoms with Gasteiger partial charge in [0.2, 0.25) is 5.91 Å². The fourth-order valence-electron chi connectivity index (χ4n) is 7.54. The molecule has 0 aromatic heterocycles. The van der Waals surface area contributed by atoms with Gasteiger partial charge in [-0.05, 0) is 77.0 Å². The van der Waals surface area contributed by atoms with E-state index in [1.54, 1.807) is 0 Å². The maximum Gasteiger partial charge on any atom is 0.306 e. The molecule has 0 aromatic carbocycles. The van der Waals surface area contributed by atoms with Crippen molar-refractivity contribution in [1.29, 1.82) is 0 Å². The van der Waals surface area contributed by atoms with Gasteiger partial charge in [-0.1, -0.05) is 211 Å². The third-order valence-electron chi connectivity index (χ3n) is 11.4. The van der Waals surface area contributed by atoms with Gasteiger partial charge < -0.3 is 20.3 Å². The molecule has 344 valence electrons. The molecule has 0 rings (SSSR count). The monoisotopic (exact) mass is 828 g/mol. The molecule has 3 unspecified atom stereocenters. The van der Waals surface area contributed by atoms with E-state index in [0.717, 1.165) is 103 Å². The summed E-state index contributed by atoms with van der Waals surface area (Å²) in [6, 6.07) is -0.710. The molecule has 0 heterocycles. The van der Waals surface area contributed by atoms with Gasteiger partial charge in [0, 0.05) is 6.42 Å². The predicted octanol–water partition coefficient (Wildman–Crippen LogP) is 15.1. The summed E-state index contributed by atoms with van der Waals surface area (Å²) in [6.45, 7) is 6.32. The summed E-state index contributed by atoms with van der Waals surface area (Å²) < 4.78 is 5.89. The molecule has 0 aliphatic carbocycles. The summed E-state index contributed by atoms with van der Waals surface area (Å²) in [7, 11) is 0. The maximum absolute atomic E-state index is 13.2. The molecule has 0 saturated heterocycles. The van der Waals surface area contributed by atoms with Gasteiger partial charge in [0.25, 0.3) is 0 Å². The third kappa shape index (κ3) is 42.3. The highest BCUT2D eigenvalue weighted by Gasteiger charge is 2.24. The lowest BCUT2D eigenvalue weighted by Gasteiger charge is -2.24. The fourth-order valence-corrected chi connectivity index (χ4v) is 7.54. The fraction of sp³-hybridized carbons (Fsp3) is 0.811. The molecule has 1 amide bonds. The Balaban J connectivity index is 4.46. The van der Waals surface area contributed by atoms with Crippen LogP contribution in [0.3, 0.4) is 0 Å². The first-order valence-corrected chi connectivity index (χ1v) is 25.4. The molecule has 0 aromatic rings. The van der Waals surface area contributed by atoms with Crippen LogP contribution in [0.25, 0.3) is 0 Å². The first-order valence-electron chi connectivity index (χ1n) is 25.4. The van der Waals surface area contributed by atoms with Gasteiger partial charge in [0.1, 0.15) is 6.10 Å². The minimum atomic E-state index is -0.794. The van der Waals surface area contributed by atoms with Crippen LogP contribution in [0.2, 0.25) is 0 Å². The van der Waals surface area contributed by atoms with E-state index in [4.69, 9.17) is 4.74 Å². The van der Waals surface area contributed by atoms with Gasteiger partial charge in [-0.3, -0.25) is 9.59 Å². The van der Waals surface area contributed by atoms with Crippen molar-refractivity contribution in [3.8, 4) is 0 Å². The van der Waals surface area contributed by atoms with Crippen molar-refractivity contribution in [3.05, 3.63) is 48.6 Å². The topological polar surface area (TPSA) is 95.9 Å². The van der Waals surface area contributed by atoms with Crippen LogP contribution in [0.15, 0.2) is 48.6 Å². The van der Waals surface area contributed by atoms with E-state index < -0.39 is 18.2 Å². The van der Waals surface area contributed by atoms with E-state index in [9.17, 15) is 19.8 Å². The second-order valence-corrected chi connectivity index (χ2v) is 17.2. The molecule has 6 heteroatoms. The highest BCUT2D eigenvalue weighted by atomic mass is 16.5. The number of allylic oxidation sites excluding steroid dienone is 8. The van der Waals surface area contributed by atoms with Crippen LogP contribution in [0.5, 0.6) is 0 Å². The molecular formula is C53H97NO5. The van der Waals surface area contributed by atoms with Crippen molar-refractivity contribution in [2.75, 3.05) is 6.61 Å². The Bertz CT molecular complexity index is 1020. The van der Waals surface area contributed by atoms with Crippen LogP contribution in [0.1, 0.15) is 252 Å². The third-order valence-corrected chi connectivity index (χ3v) is 11.4. The number of amides is 1. The summed E-state index contributed by atoms with van der Waals surface area (Å²) in [5.41, 5.74) is 0. The average Bonchev–Trinajstić information content (AvgIpc) is 3.23. The van der Waals surface area contributed by atoms with Crippen LogP contribution in [0.4, 0.5) is 0 Å². The summed E-state index contributed by atoms with van der Waals surface area (Å²) >= 11 is 0. The lowest BCUT2D eigenvalue weighted by Crippen LogP contribution is -2.46. The largest absolute Gasteiger partial charge is 0.462 e. The number of carbonyl (C=O) groups is 2. The van der Waals surface area contributed by atoms with E-state index in [-0.39, 0.29) is 24.9 Å². The van der Waals surface area contributed by atoms with Gasteiger partial charge in [-0.25, -0.2) is 0 Å². The van der Waals surface area contributed by atoms with E-state index >= 15 is 0 Å². The molecule has 3 atom stereocenters. The molecule has 0 saturated carbocycles. The summed E-state index contributed by atoms with van der Waals surface area (Å²) in [5, 5.41) is 23.7. The maximum atomic E-state index is 13.2. The Kier molecular flexibility index (Phi) is 45.1. The van der Waals surface area contributed by atoms with Crippen molar-refractivity contribution in [2.45, 2.75) is 270 Å². The Labute approximate surface area is 366 Å². The standard InChI is InChI=1S/C53H97NO5/c1-4-7-10-13-16-19-21-23-25-26-27-28-30-33-36-39-42-45-51(56)50(48-55)54-52(57)47-49(44-41-38-35-32-18-15-12-9-6-3)59-53(58)46-43-40-37-34-31-29-24-22-20-17-14-11-8-5-2/h8,11,15,17-18,20,24,29,49-51,55-56H,4-7,9-10,12-14,16,19,21-23,25-28,30-48H2,1-3H3,(H,54,57)/b11-8+,18-15-,20-17+,29-24+. The van der Waals surface area contributed by atoms with Gasteiger partial charge in [0.15, 0.2) is 0 Å². The van der Waals surface area contributed by atoms with Crippen LogP contribution in [-0.2, 0) is 14.3 Å². The Morgan fingerprint density at radius 2 is 0.932 bits per heavy atom. The minimum absolute atomic E-state index is 0.0575. The number of unbranched alkanes of at least 4 members (excludes halogenated alkanes) is 25. The second-order valence-electron chi connectivity index (χ2n) is 17.2. The minimum Gasteiger partial charge on any atom is -0.462 e. The van der Waals surface area contributed by atoms with Gasteiger partial charge in [-0.15, -0.1) is 0 Å². The summed E-state index contributed by atoms with van der Waals surface area (Å²) in [5.74, 6) is -0.515. The normalized spacial score (nSPS) is 13.6. The Morgan fingerprint density at radius 1 is 0.508 bits per heavy atom. The molecule has 59 heavy (non-hydrogen) atoms. The Morgan fingerprint density at radius 3 is 1.47 bits per heavy atom. The second kappa shape index (κ2) is 46.9. The first-order chi connectivity index (χ1) is 29.0. The molecule has 6 nitrogen and oxygen atoms in total. The molecular weight excluding hydrogens is 731 g/mol. The van der Waals surface area contributed by atoms with Crippen molar-refractivity contribution < 1.29 is 24.5 Å². The Hall–Kier alpha value is -2.18. The highest BCUT2D eigenvalue weighted by molar-refractivity contribution is 5.77. The average molecular weight is 828 g/mol. The smallest absolute Gasteiger partial charge is 0.306 e. The van der Waals surface area contributed by atoms with Crippen LogP contribution in [0, 0.1) is 0 Å². The number of aliphatic hydroxyl groups is 2. The molecule has 0 radical (unpaired) electrons. The number of aliphatic hydroxyl groups excluding tert-OH is 2. The first kappa shape index (κ1) is 56.8. The SMILES string of the molecule is CC/C=C/C/C=C/C/C=C/CCCCCCC(=O)OC(CCCCC/C=C\CCCC)CC(=O)NC(CO)C(O)CCCCCCCCCCCCCCCCCCC. The zero-order valence-corrected chi connectivity index (χ0v) is 39.1. The van der Waals surface area contributed by atoms with Gasteiger partial charge >= 0.3 is 5.97 Å². The van der Waals surface area contributed by atoms with E-state index in [0.29, 0.717) is 19.3 Å². The van der Waals surface area contributed by atoms with E-state index in [2.05, 4.69) is 74.7 Å². The number of ether oxygens (including phenoxy) is 1. The van der Waals surface area contributed by atoms with Crippen molar-refractivity contribution in [2.24, 2.45) is 0 Å². The highest BCUT2D eigenvalue weighted by Crippen LogP contribution is 2.17. The molecule has 0 aliphatic rings. The zero-order chi connectivity index (χ0) is 43.1. The van der Waals surface area contributed by atoms with Crippen LogP contribution >= 0.6 is 0 Å². The van der Waals surface area contributed by atoms with Crippen LogP contribution < -0.4 is 5.32 Å². The van der Waals surface area contributed by atoms with Crippen molar-refractivity contribution >= 4 is 11.9 Å². The number of nitrogens with one attached hydrogen (secondary N) is 1. The zero-order valence-electron chi connectivity index (χ0n) is 39.1. The molecule has 0 spiro atoms. The van der Waals surface area contributed by atoms with Crippen molar-refractivity contribution in [1.82, 2.24) is 5.32 Å². The quantitative estimate of drug-likeness (QED) is 0.0323. The number of rotatable bonds is 45. The summed E-state index contributed by atoms with van der Waals surface area (Å²) in [4.78, 5) is 26.0.